The van der Waals surface area contributed by atoms with Gasteiger partial charge in [0.25, 0.3) is 0 Å². The normalized spacial score (nSPS) is 13.9. The summed E-state index contributed by atoms with van der Waals surface area (Å²) < 4.78 is 8.08. The van der Waals surface area contributed by atoms with E-state index in [1.165, 1.54) is 0 Å². The minimum Gasteiger partial charge on any atom is -0.364 e. The molecule has 0 aromatic heterocycles. The fourth-order valence-corrected chi connectivity index (χ4v) is 3.65. The SMILES string of the molecule is Clc1ccc(C(CI)OC(CI)c2ccc(Cl)cc2)cc1. The van der Waals surface area contributed by atoms with Gasteiger partial charge in [0.2, 0.25) is 0 Å². The molecule has 0 fully saturated rings. The molecule has 0 aliphatic rings. The summed E-state index contributed by atoms with van der Waals surface area (Å²) in [6, 6.07) is 15.7. The summed E-state index contributed by atoms with van der Waals surface area (Å²) in [5.74, 6) is 0. The Hall–Kier alpha value is 0.440. The van der Waals surface area contributed by atoms with E-state index in [9.17, 15) is 0 Å². The van der Waals surface area contributed by atoms with Gasteiger partial charge in [-0.1, -0.05) is 92.6 Å². The molecule has 5 heteroatoms. The number of halogens is 4. The third-order valence-corrected chi connectivity index (χ3v) is 5.20. The van der Waals surface area contributed by atoms with Crippen molar-refractivity contribution in [3.8, 4) is 0 Å². The first-order valence-corrected chi connectivity index (χ1v) is 10.2. The Bertz CT molecular complexity index is 506. The van der Waals surface area contributed by atoms with Gasteiger partial charge in [-0.05, 0) is 35.4 Å². The van der Waals surface area contributed by atoms with Gasteiger partial charge < -0.3 is 4.74 Å². The number of benzene rings is 2. The van der Waals surface area contributed by atoms with E-state index in [0.717, 1.165) is 30.0 Å². The van der Waals surface area contributed by atoms with Crippen LogP contribution in [0.3, 0.4) is 0 Å². The first-order valence-electron chi connectivity index (χ1n) is 6.42. The van der Waals surface area contributed by atoms with Gasteiger partial charge in [-0.2, -0.15) is 0 Å². The van der Waals surface area contributed by atoms with Crippen LogP contribution in [0.15, 0.2) is 48.5 Å². The maximum absolute atomic E-state index is 6.30. The van der Waals surface area contributed by atoms with Gasteiger partial charge in [-0.25, -0.2) is 0 Å². The zero-order valence-electron chi connectivity index (χ0n) is 11.1. The highest BCUT2D eigenvalue weighted by Crippen LogP contribution is 2.30. The van der Waals surface area contributed by atoms with Gasteiger partial charge in [-0.15, -0.1) is 0 Å². The smallest absolute Gasteiger partial charge is 0.0923 e. The van der Waals surface area contributed by atoms with Crippen LogP contribution in [-0.2, 0) is 4.74 Å². The molecular weight excluding hydrogens is 533 g/mol. The number of rotatable bonds is 6. The van der Waals surface area contributed by atoms with Crippen molar-refractivity contribution in [2.75, 3.05) is 8.86 Å². The van der Waals surface area contributed by atoms with Crippen molar-refractivity contribution in [2.24, 2.45) is 0 Å². The summed E-state index contributed by atoms with van der Waals surface area (Å²) in [5, 5.41) is 1.49. The molecule has 0 saturated carbocycles. The van der Waals surface area contributed by atoms with Gasteiger partial charge in [0.15, 0.2) is 0 Å². The monoisotopic (exact) mass is 546 g/mol. The van der Waals surface area contributed by atoms with Crippen molar-refractivity contribution in [3.05, 3.63) is 69.7 Å². The quantitative estimate of drug-likeness (QED) is 0.291. The molecule has 0 amide bonds. The summed E-state index contributed by atoms with van der Waals surface area (Å²) in [7, 11) is 0. The van der Waals surface area contributed by atoms with Crippen molar-refractivity contribution < 1.29 is 4.74 Å². The van der Waals surface area contributed by atoms with Crippen molar-refractivity contribution in [1.82, 2.24) is 0 Å². The third kappa shape index (κ3) is 5.23. The van der Waals surface area contributed by atoms with Crippen LogP contribution < -0.4 is 0 Å². The molecule has 1 nitrogen and oxygen atoms in total. The average Bonchev–Trinajstić information content (AvgIpc) is 2.51. The third-order valence-electron chi connectivity index (χ3n) is 3.09. The van der Waals surface area contributed by atoms with Crippen LogP contribution in [0, 0.1) is 0 Å². The fourth-order valence-electron chi connectivity index (χ4n) is 1.96. The number of alkyl halides is 2. The van der Waals surface area contributed by atoms with Crippen molar-refractivity contribution in [2.45, 2.75) is 12.2 Å². The average molecular weight is 547 g/mol. The zero-order valence-corrected chi connectivity index (χ0v) is 16.9. The summed E-state index contributed by atoms with van der Waals surface area (Å²) in [6.45, 7) is 0. The number of hydrogen-bond acceptors (Lipinski definition) is 1. The summed E-state index contributed by atoms with van der Waals surface area (Å²) in [4.78, 5) is 0. The van der Waals surface area contributed by atoms with E-state index in [1.807, 2.05) is 48.5 Å². The Balaban J connectivity index is 2.15. The van der Waals surface area contributed by atoms with E-state index >= 15 is 0 Å². The Morgan fingerprint density at radius 2 is 1.05 bits per heavy atom. The summed E-state index contributed by atoms with van der Waals surface area (Å²) in [6.07, 6.45) is 0.108. The molecule has 0 N–H and O–H groups in total. The van der Waals surface area contributed by atoms with Crippen molar-refractivity contribution >= 4 is 68.4 Å². The summed E-state index contributed by atoms with van der Waals surface area (Å²) >= 11 is 16.6. The molecule has 0 aliphatic carbocycles. The van der Waals surface area contributed by atoms with E-state index in [1.54, 1.807) is 0 Å². The highest BCUT2D eigenvalue weighted by molar-refractivity contribution is 14.1. The maximum atomic E-state index is 6.30. The minimum atomic E-state index is 0.0540. The lowest BCUT2D eigenvalue weighted by atomic mass is 10.1. The molecule has 0 saturated heterocycles. The van der Waals surface area contributed by atoms with Crippen LogP contribution in [0.25, 0.3) is 0 Å². The van der Waals surface area contributed by atoms with Crippen LogP contribution in [-0.4, -0.2) is 8.86 Å². The molecule has 21 heavy (non-hydrogen) atoms. The summed E-state index contributed by atoms with van der Waals surface area (Å²) in [5.41, 5.74) is 2.30. The molecule has 112 valence electrons. The zero-order chi connectivity index (χ0) is 15.2. The van der Waals surface area contributed by atoms with E-state index in [0.29, 0.717) is 0 Å². The lowest BCUT2D eigenvalue weighted by molar-refractivity contribution is 0.0148. The Morgan fingerprint density at radius 1 is 0.714 bits per heavy atom. The van der Waals surface area contributed by atoms with Gasteiger partial charge in [-0.3, -0.25) is 0 Å². The molecular formula is C16H14Cl2I2O. The Kier molecular flexibility index (Phi) is 7.55. The number of hydrogen-bond donors (Lipinski definition) is 0. The Labute approximate surface area is 162 Å². The molecule has 2 rings (SSSR count). The predicted molar refractivity (Wildman–Crippen MR) is 107 cm³/mol. The molecule has 0 spiro atoms. The van der Waals surface area contributed by atoms with E-state index in [2.05, 4.69) is 45.2 Å². The second-order valence-electron chi connectivity index (χ2n) is 4.53. The lowest BCUT2D eigenvalue weighted by Gasteiger charge is -2.23. The number of ether oxygens (including phenoxy) is 1. The molecule has 0 radical (unpaired) electrons. The standard InChI is InChI=1S/C16H14Cl2I2O/c17-13-5-1-11(2-6-13)15(9-19)21-16(10-20)12-3-7-14(18)8-4-12/h1-8,15-16H,9-10H2. The van der Waals surface area contributed by atoms with Crippen LogP contribution in [0.4, 0.5) is 0 Å². The lowest BCUT2D eigenvalue weighted by Crippen LogP contribution is -2.12. The Morgan fingerprint density at radius 3 is 1.33 bits per heavy atom. The minimum absolute atomic E-state index is 0.0540. The van der Waals surface area contributed by atoms with E-state index in [-0.39, 0.29) is 12.2 Å². The van der Waals surface area contributed by atoms with E-state index < -0.39 is 0 Å². The van der Waals surface area contributed by atoms with E-state index in [4.69, 9.17) is 27.9 Å². The van der Waals surface area contributed by atoms with Crippen LogP contribution in [0.1, 0.15) is 23.3 Å². The van der Waals surface area contributed by atoms with Gasteiger partial charge in [0, 0.05) is 18.9 Å². The van der Waals surface area contributed by atoms with Crippen molar-refractivity contribution in [3.63, 3.8) is 0 Å². The van der Waals surface area contributed by atoms with Crippen molar-refractivity contribution in [1.29, 1.82) is 0 Å². The highest BCUT2D eigenvalue weighted by Gasteiger charge is 2.18. The molecule has 2 aromatic rings. The second-order valence-corrected chi connectivity index (χ2v) is 7.16. The van der Waals surface area contributed by atoms with Gasteiger partial charge >= 0.3 is 0 Å². The first-order chi connectivity index (χ1) is 10.1. The predicted octanol–water partition coefficient (Wildman–Crippen LogP) is 6.66. The van der Waals surface area contributed by atoms with Crippen LogP contribution in [0.2, 0.25) is 10.0 Å². The van der Waals surface area contributed by atoms with Crippen LogP contribution >= 0.6 is 68.4 Å². The molecule has 2 atom stereocenters. The van der Waals surface area contributed by atoms with Gasteiger partial charge in [0.05, 0.1) is 12.2 Å². The highest BCUT2D eigenvalue weighted by atomic mass is 127. The fraction of sp³-hybridized carbons (Fsp3) is 0.250. The van der Waals surface area contributed by atoms with Gasteiger partial charge in [0.1, 0.15) is 0 Å². The molecule has 2 aromatic carbocycles. The molecule has 2 unspecified atom stereocenters. The molecule has 0 heterocycles. The second kappa shape index (κ2) is 8.91. The first kappa shape index (κ1) is 17.8. The largest absolute Gasteiger partial charge is 0.364 e. The van der Waals surface area contributed by atoms with Crippen LogP contribution in [0.5, 0.6) is 0 Å². The maximum Gasteiger partial charge on any atom is 0.0923 e. The topological polar surface area (TPSA) is 9.23 Å². The molecule has 0 bridgehead atoms. The molecule has 0 aliphatic heterocycles.